The maximum atomic E-state index is 15.3. The van der Waals surface area contributed by atoms with Crippen LogP contribution in [0.2, 0.25) is 0 Å². The molecule has 1 aromatic heterocycles. The molecule has 0 radical (unpaired) electrons. The third-order valence-electron chi connectivity index (χ3n) is 6.25. The minimum absolute atomic E-state index is 0.00898. The second kappa shape index (κ2) is 9.81. The Morgan fingerprint density at radius 3 is 2.66 bits per heavy atom. The van der Waals surface area contributed by atoms with Crippen molar-refractivity contribution in [3.8, 4) is 16.9 Å². The number of amides is 1. The van der Waals surface area contributed by atoms with E-state index >= 15 is 4.39 Å². The predicted octanol–water partition coefficient (Wildman–Crippen LogP) is 5.33. The van der Waals surface area contributed by atoms with Crippen LogP contribution in [0.1, 0.15) is 30.0 Å². The fourth-order valence-electron chi connectivity index (χ4n) is 4.22. The van der Waals surface area contributed by atoms with E-state index in [-0.39, 0.29) is 46.6 Å². The van der Waals surface area contributed by atoms with E-state index in [0.29, 0.717) is 16.2 Å². The van der Waals surface area contributed by atoms with Crippen LogP contribution in [0, 0.1) is 12.7 Å². The summed E-state index contributed by atoms with van der Waals surface area (Å²) in [5.74, 6) is -2.70. The molecule has 1 aliphatic heterocycles. The zero-order valence-corrected chi connectivity index (χ0v) is 20.2. The lowest BCUT2D eigenvalue weighted by Crippen LogP contribution is -2.38. The molecular weight excluding hydrogens is 477 g/mol. The Hall–Kier alpha value is -3.20. The predicted molar refractivity (Wildman–Crippen MR) is 131 cm³/mol. The van der Waals surface area contributed by atoms with Crippen LogP contribution in [-0.2, 0) is 11.2 Å². The number of nitrogens with one attached hydrogen (secondary N) is 1. The summed E-state index contributed by atoms with van der Waals surface area (Å²) < 4.78 is 50.4. The number of fused-ring (bicyclic) bond motifs is 1. The van der Waals surface area contributed by atoms with Crippen LogP contribution in [0.4, 0.5) is 13.2 Å². The number of aromatic nitrogens is 1. The molecule has 5 nitrogen and oxygen atoms in total. The topological polar surface area (TPSA) is 60.3 Å². The maximum Gasteiger partial charge on any atom is 0.260 e. The van der Waals surface area contributed by atoms with Gasteiger partial charge in [-0.1, -0.05) is 25.3 Å². The molecule has 2 aliphatic rings. The van der Waals surface area contributed by atoms with Gasteiger partial charge in [-0.25, -0.2) is 13.2 Å². The van der Waals surface area contributed by atoms with Crippen LogP contribution in [-0.4, -0.2) is 29.4 Å². The third-order valence-corrected chi connectivity index (χ3v) is 7.45. The quantitative estimate of drug-likeness (QED) is 0.496. The third kappa shape index (κ3) is 4.57. The number of hydrogen-bond acceptors (Lipinski definition) is 4. The average Bonchev–Trinajstić information content (AvgIpc) is 3.53. The summed E-state index contributed by atoms with van der Waals surface area (Å²) in [5, 5.41) is 3.33. The van der Waals surface area contributed by atoms with Crippen LogP contribution < -0.4 is 15.6 Å². The van der Waals surface area contributed by atoms with E-state index in [0.717, 1.165) is 18.9 Å². The second-order valence-corrected chi connectivity index (χ2v) is 9.51. The summed E-state index contributed by atoms with van der Waals surface area (Å²) in [6.45, 7) is 8.20. The Balaban J connectivity index is 1.98. The van der Waals surface area contributed by atoms with E-state index in [9.17, 15) is 18.4 Å². The Bertz CT molecular complexity index is 1330. The van der Waals surface area contributed by atoms with Gasteiger partial charge < -0.3 is 10.1 Å². The number of hydrogen-bond donors (Lipinski definition) is 1. The summed E-state index contributed by atoms with van der Waals surface area (Å²) in [7, 11) is 1.31. The van der Waals surface area contributed by atoms with Crippen LogP contribution >= 0.6 is 11.8 Å². The molecule has 1 saturated carbocycles. The highest BCUT2D eigenvalue weighted by molar-refractivity contribution is 7.99. The first-order valence-electron chi connectivity index (χ1n) is 11.1. The Morgan fingerprint density at radius 2 is 2.06 bits per heavy atom. The molecule has 2 heterocycles. The number of carbonyl (C=O) groups is 1. The standard InChI is InChI=1S/C26H25F3N2O3S/c1-5-19(28)18(14(3)27)11-17-13(2)22(16-7-6-8-21(34-4)23(16)29)25(33)31-20(12-35-26(17)31)24(32)30-15-9-10-15/h5-8,15,20H,1,3,9-12H2,2,4H3,(H,30,32)/b19-18+. The van der Waals surface area contributed by atoms with Gasteiger partial charge in [0.15, 0.2) is 11.6 Å². The smallest absolute Gasteiger partial charge is 0.260 e. The number of halogens is 3. The van der Waals surface area contributed by atoms with E-state index in [1.807, 2.05) is 0 Å². The van der Waals surface area contributed by atoms with Crippen molar-refractivity contribution in [3.05, 3.63) is 82.0 Å². The van der Waals surface area contributed by atoms with E-state index in [2.05, 4.69) is 18.5 Å². The Labute approximate surface area is 205 Å². The lowest BCUT2D eigenvalue weighted by atomic mass is 9.93. The van der Waals surface area contributed by atoms with Gasteiger partial charge in [-0.2, -0.15) is 0 Å². The van der Waals surface area contributed by atoms with E-state index in [4.69, 9.17) is 4.74 Å². The molecule has 1 aromatic carbocycles. The molecule has 1 N–H and O–H groups in total. The van der Waals surface area contributed by atoms with Gasteiger partial charge in [0, 0.05) is 29.4 Å². The highest BCUT2D eigenvalue weighted by Crippen LogP contribution is 2.41. The van der Waals surface area contributed by atoms with Crippen molar-refractivity contribution < 1.29 is 22.7 Å². The molecule has 1 unspecified atom stereocenters. The fraction of sp³-hybridized carbons (Fsp3) is 0.308. The average molecular weight is 503 g/mol. The van der Waals surface area contributed by atoms with E-state index in [1.165, 1.54) is 35.6 Å². The molecule has 0 spiro atoms. The number of ether oxygens (including phenoxy) is 1. The summed E-state index contributed by atoms with van der Waals surface area (Å²) in [4.78, 5) is 26.8. The molecule has 4 rings (SSSR count). The summed E-state index contributed by atoms with van der Waals surface area (Å²) in [6.07, 6.45) is 2.38. The summed E-state index contributed by atoms with van der Waals surface area (Å²) in [6, 6.07) is 3.66. The largest absolute Gasteiger partial charge is 0.494 e. The van der Waals surface area contributed by atoms with Gasteiger partial charge in [0.05, 0.1) is 17.7 Å². The lowest BCUT2D eigenvalue weighted by molar-refractivity contribution is -0.123. The molecule has 2 aromatic rings. The fourth-order valence-corrected chi connectivity index (χ4v) is 5.58. The van der Waals surface area contributed by atoms with Gasteiger partial charge in [-0.3, -0.25) is 14.2 Å². The monoisotopic (exact) mass is 502 g/mol. The number of nitrogens with zero attached hydrogens (tertiary/aromatic N) is 1. The lowest BCUT2D eigenvalue weighted by Gasteiger charge is -2.21. The molecule has 1 fully saturated rings. The molecule has 9 heteroatoms. The molecule has 184 valence electrons. The van der Waals surface area contributed by atoms with Crippen LogP contribution in [0.15, 0.2) is 64.5 Å². The highest BCUT2D eigenvalue weighted by atomic mass is 32.2. The van der Waals surface area contributed by atoms with Crippen molar-refractivity contribution in [2.24, 2.45) is 0 Å². The van der Waals surface area contributed by atoms with Gasteiger partial charge in [0.25, 0.3) is 5.56 Å². The molecule has 1 amide bonds. The number of benzene rings is 1. The highest BCUT2D eigenvalue weighted by Gasteiger charge is 2.37. The SMILES string of the molecule is C=C/C(F)=C(/Cc1c(C)c(-c2cccc(OC)c2F)c(=O)n2c1SCC2C(=O)NC1CC1)C(=C)F. The van der Waals surface area contributed by atoms with Crippen molar-refractivity contribution in [1.29, 1.82) is 0 Å². The number of rotatable bonds is 8. The van der Waals surface area contributed by atoms with Gasteiger partial charge in [-0.15, -0.1) is 11.8 Å². The van der Waals surface area contributed by atoms with Gasteiger partial charge in [0.2, 0.25) is 5.91 Å². The minimum Gasteiger partial charge on any atom is -0.494 e. The Morgan fingerprint density at radius 1 is 1.34 bits per heavy atom. The van der Waals surface area contributed by atoms with Gasteiger partial charge >= 0.3 is 0 Å². The number of thioether (sulfide) groups is 1. The Kier molecular flexibility index (Phi) is 6.98. The van der Waals surface area contributed by atoms with E-state index < -0.39 is 29.1 Å². The van der Waals surface area contributed by atoms with Crippen molar-refractivity contribution >= 4 is 17.7 Å². The molecule has 1 aliphatic carbocycles. The van der Waals surface area contributed by atoms with Crippen molar-refractivity contribution in [2.75, 3.05) is 12.9 Å². The normalized spacial score (nSPS) is 17.5. The summed E-state index contributed by atoms with van der Waals surface area (Å²) >= 11 is 1.26. The molecule has 1 atom stereocenters. The minimum atomic E-state index is -0.980. The van der Waals surface area contributed by atoms with E-state index in [1.54, 1.807) is 13.0 Å². The molecular formula is C26H25F3N2O3S. The van der Waals surface area contributed by atoms with Crippen molar-refractivity contribution in [1.82, 2.24) is 9.88 Å². The zero-order valence-electron chi connectivity index (χ0n) is 19.4. The number of allylic oxidation sites excluding steroid dienone is 4. The van der Waals surface area contributed by atoms with Crippen molar-refractivity contribution in [3.63, 3.8) is 0 Å². The van der Waals surface area contributed by atoms with Crippen LogP contribution in [0.5, 0.6) is 5.75 Å². The molecule has 0 bridgehead atoms. The van der Waals surface area contributed by atoms with Crippen LogP contribution in [0.3, 0.4) is 0 Å². The number of methoxy groups -OCH3 is 1. The van der Waals surface area contributed by atoms with Gasteiger partial charge in [0.1, 0.15) is 17.7 Å². The van der Waals surface area contributed by atoms with Crippen LogP contribution in [0.25, 0.3) is 11.1 Å². The maximum absolute atomic E-state index is 15.3. The first-order chi connectivity index (χ1) is 16.7. The molecule has 0 saturated heterocycles. The second-order valence-electron chi connectivity index (χ2n) is 8.50. The number of carbonyl (C=O) groups excluding carboxylic acids is 1. The molecule has 35 heavy (non-hydrogen) atoms. The first-order valence-corrected chi connectivity index (χ1v) is 12.1. The summed E-state index contributed by atoms with van der Waals surface area (Å²) in [5.41, 5.74) is -0.111. The first kappa shape index (κ1) is 24.9. The zero-order chi connectivity index (χ0) is 25.4. The van der Waals surface area contributed by atoms with Crippen molar-refractivity contribution in [2.45, 2.75) is 43.3 Å². The number of pyridine rings is 1. The van der Waals surface area contributed by atoms with Gasteiger partial charge in [-0.05, 0) is 43.0 Å².